The van der Waals surface area contributed by atoms with E-state index >= 15 is 0 Å². The Bertz CT molecular complexity index is 533. The molecule has 1 fully saturated rings. The van der Waals surface area contributed by atoms with Gasteiger partial charge in [0.05, 0.1) is 6.26 Å². The third-order valence-corrected chi connectivity index (χ3v) is 4.59. The first-order valence-electron chi connectivity index (χ1n) is 6.53. The molecule has 1 aliphatic rings. The average Bonchev–Trinajstić information content (AvgIpc) is 2.44. The molecule has 9 heteroatoms. The van der Waals surface area contributed by atoms with Gasteiger partial charge in [-0.1, -0.05) is 0 Å². The molecule has 118 valence electrons. The molecule has 0 spiro atoms. The number of piperazine rings is 1. The standard InChI is InChI=1S/C12H19ClN4O3S/c1-21(19,20)17-7-5-16(6-8-17)10-11(9-14)12(18)15-4-2-3-13/h10H,2-8H2,1H3,(H,15,18)/b11-10-. The van der Waals surface area contributed by atoms with Crippen LogP contribution in [0, 0.1) is 11.3 Å². The van der Waals surface area contributed by atoms with Gasteiger partial charge in [-0.05, 0) is 6.42 Å². The maximum absolute atomic E-state index is 11.8. The molecule has 0 aromatic carbocycles. The Morgan fingerprint density at radius 2 is 2.00 bits per heavy atom. The topological polar surface area (TPSA) is 93.5 Å². The van der Waals surface area contributed by atoms with Crippen molar-refractivity contribution < 1.29 is 13.2 Å². The summed E-state index contributed by atoms with van der Waals surface area (Å²) >= 11 is 5.51. The Morgan fingerprint density at radius 1 is 1.38 bits per heavy atom. The van der Waals surface area contributed by atoms with Crippen LogP contribution in [-0.2, 0) is 14.8 Å². The number of hydrogen-bond acceptors (Lipinski definition) is 5. The molecule has 1 N–H and O–H groups in total. The molecule has 0 aromatic heterocycles. The number of hydrogen-bond donors (Lipinski definition) is 1. The number of nitrogens with one attached hydrogen (secondary N) is 1. The molecule has 0 aromatic rings. The summed E-state index contributed by atoms with van der Waals surface area (Å²) in [5, 5.41) is 11.6. The monoisotopic (exact) mass is 334 g/mol. The van der Waals surface area contributed by atoms with E-state index in [9.17, 15) is 13.2 Å². The summed E-state index contributed by atoms with van der Waals surface area (Å²) in [5.41, 5.74) is 0.0115. The Labute approximate surface area is 130 Å². The summed E-state index contributed by atoms with van der Waals surface area (Å²) in [6.45, 7) is 2.02. The van der Waals surface area contributed by atoms with E-state index in [-0.39, 0.29) is 5.57 Å². The fourth-order valence-electron chi connectivity index (χ4n) is 1.85. The van der Waals surface area contributed by atoms with E-state index in [4.69, 9.17) is 16.9 Å². The van der Waals surface area contributed by atoms with Gasteiger partial charge in [-0.15, -0.1) is 11.6 Å². The number of rotatable bonds is 6. The molecular weight excluding hydrogens is 316 g/mol. The van der Waals surface area contributed by atoms with Crippen molar-refractivity contribution in [2.75, 3.05) is 44.9 Å². The van der Waals surface area contributed by atoms with Crippen LogP contribution in [0.2, 0.25) is 0 Å². The summed E-state index contributed by atoms with van der Waals surface area (Å²) in [7, 11) is -3.19. The fourth-order valence-corrected chi connectivity index (χ4v) is 2.81. The molecule has 1 amide bonds. The van der Waals surface area contributed by atoms with Crippen LogP contribution in [0.3, 0.4) is 0 Å². The van der Waals surface area contributed by atoms with Crippen LogP contribution in [0.15, 0.2) is 11.8 Å². The number of sulfonamides is 1. The van der Waals surface area contributed by atoms with Crippen molar-refractivity contribution in [1.29, 1.82) is 5.26 Å². The minimum Gasteiger partial charge on any atom is -0.373 e. The maximum atomic E-state index is 11.8. The van der Waals surface area contributed by atoms with Gasteiger partial charge in [-0.3, -0.25) is 4.79 Å². The smallest absolute Gasteiger partial charge is 0.263 e. The number of carbonyl (C=O) groups excluding carboxylic acids is 1. The highest BCUT2D eigenvalue weighted by Gasteiger charge is 2.22. The first-order valence-corrected chi connectivity index (χ1v) is 8.92. The zero-order valence-electron chi connectivity index (χ0n) is 11.9. The molecule has 0 aliphatic carbocycles. The molecule has 0 unspecified atom stereocenters. The van der Waals surface area contributed by atoms with Crippen molar-refractivity contribution in [3.8, 4) is 6.07 Å². The van der Waals surface area contributed by atoms with E-state index < -0.39 is 15.9 Å². The van der Waals surface area contributed by atoms with Crippen molar-refractivity contribution in [1.82, 2.24) is 14.5 Å². The molecule has 7 nitrogen and oxygen atoms in total. The van der Waals surface area contributed by atoms with Crippen molar-refractivity contribution in [3.63, 3.8) is 0 Å². The van der Waals surface area contributed by atoms with Gasteiger partial charge in [0.15, 0.2) is 0 Å². The Kier molecular flexibility index (Phi) is 6.95. The third kappa shape index (κ3) is 5.91. The lowest BCUT2D eigenvalue weighted by atomic mass is 10.2. The summed E-state index contributed by atoms with van der Waals surface area (Å²) in [4.78, 5) is 13.5. The highest BCUT2D eigenvalue weighted by Crippen LogP contribution is 2.08. The predicted octanol–water partition coefficient (Wildman–Crippen LogP) is -0.284. The van der Waals surface area contributed by atoms with Gasteiger partial charge in [-0.2, -0.15) is 9.57 Å². The normalized spacial score (nSPS) is 17.4. The second kappa shape index (κ2) is 8.22. The molecule has 1 saturated heterocycles. The fraction of sp³-hybridized carbons (Fsp3) is 0.667. The van der Waals surface area contributed by atoms with Gasteiger partial charge >= 0.3 is 0 Å². The quantitative estimate of drug-likeness (QED) is 0.312. The largest absolute Gasteiger partial charge is 0.373 e. The first-order chi connectivity index (χ1) is 9.88. The molecule has 0 atom stereocenters. The molecule has 1 rings (SSSR count). The average molecular weight is 335 g/mol. The third-order valence-electron chi connectivity index (χ3n) is 3.01. The van der Waals surface area contributed by atoms with E-state index in [2.05, 4.69) is 5.32 Å². The Morgan fingerprint density at radius 3 is 2.48 bits per heavy atom. The number of nitrogens with zero attached hydrogens (tertiary/aromatic N) is 3. The predicted molar refractivity (Wildman–Crippen MR) is 80.0 cm³/mol. The summed E-state index contributed by atoms with van der Waals surface area (Å²) < 4.78 is 24.2. The number of halogens is 1. The Hall–Kier alpha value is -1.30. The van der Waals surface area contributed by atoms with E-state index in [1.54, 1.807) is 4.90 Å². The number of alkyl halides is 1. The zero-order chi connectivity index (χ0) is 15.9. The second-order valence-electron chi connectivity index (χ2n) is 4.65. The zero-order valence-corrected chi connectivity index (χ0v) is 13.5. The number of amides is 1. The molecule has 0 saturated carbocycles. The summed E-state index contributed by atoms with van der Waals surface area (Å²) in [6.07, 6.45) is 3.29. The summed E-state index contributed by atoms with van der Waals surface area (Å²) in [5.74, 6) is 0.00689. The second-order valence-corrected chi connectivity index (χ2v) is 7.01. The lowest BCUT2D eigenvalue weighted by molar-refractivity contribution is -0.117. The van der Waals surface area contributed by atoms with Crippen molar-refractivity contribution >= 4 is 27.5 Å². The first kappa shape index (κ1) is 17.8. The molecular formula is C12H19ClN4O3S. The molecule has 21 heavy (non-hydrogen) atoms. The van der Waals surface area contributed by atoms with Gasteiger partial charge in [0, 0.05) is 44.8 Å². The number of nitriles is 1. The van der Waals surface area contributed by atoms with E-state index in [1.165, 1.54) is 16.8 Å². The van der Waals surface area contributed by atoms with E-state index in [0.29, 0.717) is 45.0 Å². The maximum Gasteiger partial charge on any atom is 0.263 e. The highest BCUT2D eigenvalue weighted by molar-refractivity contribution is 7.88. The molecule has 1 aliphatic heterocycles. The van der Waals surface area contributed by atoms with Gasteiger partial charge in [0.2, 0.25) is 10.0 Å². The van der Waals surface area contributed by atoms with Crippen LogP contribution >= 0.6 is 11.6 Å². The van der Waals surface area contributed by atoms with Crippen molar-refractivity contribution in [2.45, 2.75) is 6.42 Å². The lowest BCUT2D eigenvalue weighted by Gasteiger charge is -2.32. The van der Waals surface area contributed by atoms with Crippen LogP contribution in [0.1, 0.15) is 6.42 Å². The van der Waals surface area contributed by atoms with E-state index in [1.807, 2.05) is 6.07 Å². The van der Waals surface area contributed by atoms with Gasteiger partial charge in [-0.25, -0.2) is 8.42 Å². The Balaban J connectivity index is 2.57. The molecule has 0 radical (unpaired) electrons. The minimum atomic E-state index is -3.19. The highest BCUT2D eigenvalue weighted by atomic mass is 35.5. The van der Waals surface area contributed by atoms with Gasteiger partial charge < -0.3 is 10.2 Å². The van der Waals surface area contributed by atoms with Gasteiger partial charge in [0.25, 0.3) is 5.91 Å². The van der Waals surface area contributed by atoms with E-state index in [0.717, 1.165) is 0 Å². The SMILES string of the molecule is CS(=O)(=O)N1CCN(/C=C(/C#N)C(=O)NCCCCl)CC1. The van der Waals surface area contributed by atoms with Crippen LogP contribution in [0.5, 0.6) is 0 Å². The van der Waals surface area contributed by atoms with Crippen LogP contribution < -0.4 is 5.32 Å². The lowest BCUT2D eigenvalue weighted by Crippen LogP contribution is -2.46. The molecule has 0 bridgehead atoms. The van der Waals surface area contributed by atoms with Crippen LogP contribution in [0.4, 0.5) is 0 Å². The van der Waals surface area contributed by atoms with Crippen LogP contribution in [-0.4, -0.2) is 68.4 Å². The van der Waals surface area contributed by atoms with Crippen LogP contribution in [0.25, 0.3) is 0 Å². The van der Waals surface area contributed by atoms with Crippen molar-refractivity contribution in [3.05, 3.63) is 11.8 Å². The van der Waals surface area contributed by atoms with Gasteiger partial charge in [0.1, 0.15) is 11.6 Å². The van der Waals surface area contributed by atoms with Crippen molar-refractivity contribution in [2.24, 2.45) is 0 Å². The summed E-state index contributed by atoms with van der Waals surface area (Å²) in [6, 6.07) is 1.86. The number of carbonyl (C=O) groups is 1. The molecule has 1 heterocycles. The minimum absolute atomic E-state index is 0.0115.